The van der Waals surface area contributed by atoms with Crippen LogP contribution in [0.15, 0.2) is 0 Å². The quantitative estimate of drug-likeness (QED) is 0.846. The van der Waals surface area contributed by atoms with Crippen molar-refractivity contribution in [3.63, 3.8) is 0 Å². The molecule has 19 heavy (non-hydrogen) atoms. The summed E-state index contributed by atoms with van der Waals surface area (Å²) in [5.74, 6) is 0.869. The largest absolute Gasteiger partial charge is 0.375 e. The molecular formula is C16H30N2O. The van der Waals surface area contributed by atoms with Crippen molar-refractivity contribution >= 4 is 0 Å². The molecule has 3 aliphatic rings. The second-order valence-electron chi connectivity index (χ2n) is 6.84. The summed E-state index contributed by atoms with van der Waals surface area (Å²) in [6, 6.07) is 0.804. The van der Waals surface area contributed by atoms with Crippen LogP contribution in [0.4, 0.5) is 0 Å². The van der Waals surface area contributed by atoms with Crippen LogP contribution in [0.25, 0.3) is 0 Å². The van der Waals surface area contributed by atoms with Gasteiger partial charge in [0.15, 0.2) is 0 Å². The lowest BCUT2D eigenvalue weighted by molar-refractivity contribution is -0.150. The van der Waals surface area contributed by atoms with Crippen molar-refractivity contribution in [2.75, 3.05) is 32.8 Å². The first-order valence-corrected chi connectivity index (χ1v) is 8.40. The Morgan fingerprint density at radius 3 is 2.89 bits per heavy atom. The maximum absolute atomic E-state index is 6.08. The van der Waals surface area contributed by atoms with E-state index in [2.05, 4.69) is 17.1 Å². The molecule has 0 aromatic carbocycles. The van der Waals surface area contributed by atoms with Gasteiger partial charge in [-0.05, 0) is 70.5 Å². The molecule has 2 heterocycles. The highest BCUT2D eigenvalue weighted by Gasteiger charge is 2.44. The molecular weight excluding hydrogens is 236 g/mol. The molecule has 3 heteroatoms. The lowest BCUT2D eigenvalue weighted by Gasteiger charge is -2.50. The number of rotatable bonds is 4. The van der Waals surface area contributed by atoms with E-state index in [0.29, 0.717) is 5.60 Å². The van der Waals surface area contributed by atoms with E-state index in [1.54, 1.807) is 0 Å². The number of nitrogens with zero attached hydrogens (tertiary/aromatic N) is 1. The average Bonchev–Trinajstić information content (AvgIpc) is 2.44. The van der Waals surface area contributed by atoms with Crippen LogP contribution in [0, 0.1) is 5.92 Å². The number of likely N-dealkylation sites (tertiary alicyclic amines) is 1. The molecule has 110 valence electrons. The van der Waals surface area contributed by atoms with Crippen LogP contribution in [0.5, 0.6) is 0 Å². The zero-order chi connectivity index (χ0) is 13.1. The molecule has 2 saturated heterocycles. The average molecular weight is 266 g/mol. The summed E-state index contributed by atoms with van der Waals surface area (Å²) in [4.78, 5) is 2.79. The Kier molecular flexibility index (Phi) is 4.45. The molecule has 3 nitrogen and oxygen atoms in total. The van der Waals surface area contributed by atoms with Gasteiger partial charge in [-0.1, -0.05) is 6.92 Å². The van der Waals surface area contributed by atoms with Crippen LogP contribution < -0.4 is 5.32 Å². The van der Waals surface area contributed by atoms with Crippen molar-refractivity contribution in [2.45, 2.75) is 63.5 Å². The molecule has 0 bridgehead atoms. The summed E-state index contributed by atoms with van der Waals surface area (Å²) >= 11 is 0. The SMILES string of the molecule is CCNCC1CCCN(C2CCOC3(CCC3)C2)C1. The van der Waals surface area contributed by atoms with Crippen molar-refractivity contribution in [1.29, 1.82) is 0 Å². The summed E-state index contributed by atoms with van der Waals surface area (Å²) < 4.78 is 6.08. The number of nitrogens with one attached hydrogen (secondary N) is 1. The highest BCUT2D eigenvalue weighted by molar-refractivity contribution is 4.97. The van der Waals surface area contributed by atoms with Gasteiger partial charge in [-0.25, -0.2) is 0 Å². The van der Waals surface area contributed by atoms with E-state index in [0.717, 1.165) is 25.1 Å². The minimum absolute atomic E-state index is 0.303. The van der Waals surface area contributed by atoms with Gasteiger partial charge in [0.2, 0.25) is 0 Å². The fourth-order valence-corrected chi connectivity index (χ4v) is 4.18. The molecule has 3 rings (SSSR count). The minimum Gasteiger partial charge on any atom is -0.375 e. The smallest absolute Gasteiger partial charge is 0.0697 e. The summed E-state index contributed by atoms with van der Waals surface area (Å²) in [5, 5.41) is 3.53. The van der Waals surface area contributed by atoms with Crippen LogP contribution in [-0.2, 0) is 4.74 Å². The Labute approximate surface area is 118 Å². The van der Waals surface area contributed by atoms with Crippen LogP contribution in [0.3, 0.4) is 0 Å². The molecule has 1 N–H and O–H groups in total. The molecule has 1 spiro atoms. The normalized spacial score (nSPS) is 35.2. The van der Waals surface area contributed by atoms with E-state index >= 15 is 0 Å². The number of ether oxygens (including phenoxy) is 1. The van der Waals surface area contributed by atoms with Crippen molar-refractivity contribution in [3.8, 4) is 0 Å². The highest BCUT2D eigenvalue weighted by atomic mass is 16.5. The summed E-state index contributed by atoms with van der Waals surface area (Å²) in [7, 11) is 0. The molecule has 0 amide bonds. The van der Waals surface area contributed by atoms with Gasteiger partial charge in [-0.3, -0.25) is 4.90 Å². The van der Waals surface area contributed by atoms with Crippen LogP contribution in [-0.4, -0.2) is 49.3 Å². The topological polar surface area (TPSA) is 24.5 Å². The molecule has 1 saturated carbocycles. The molecule has 0 aromatic heterocycles. The zero-order valence-electron chi connectivity index (χ0n) is 12.5. The number of hydrogen-bond donors (Lipinski definition) is 1. The number of piperidine rings is 1. The van der Waals surface area contributed by atoms with E-state index in [-0.39, 0.29) is 0 Å². The third-order valence-corrected chi connectivity index (χ3v) is 5.48. The van der Waals surface area contributed by atoms with Crippen molar-refractivity contribution in [3.05, 3.63) is 0 Å². The van der Waals surface area contributed by atoms with Crippen LogP contribution in [0.1, 0.15) is 51.9 Å². The van der Waals surface area contributed by atoms with Gasteiger partial charge in [0.1, 0.15) is 0 Å². The lowest BCUT2D eigenvalue weighted by Crippen LogP contribution is -2.54. The van der Waals surface area contributed by atoms with E-state index < -0.39 is 0 Å². The summed E-state index contributed by atoms with van der Waals surface area (Å²) in [6.07, 6.45) is 9.39. The maximum Gasteiger partial charge on any atom is 0.0697 e. The molecule has 2 unspecified atom stereocenters. The monoisotopic (exact) mass is 266 g/mol. The fraction of sp³-hybridized carbons (Fsp3) is 1.00. The second kappa shape index (κ2) is 6.11. The molecule has 1 aliphatic carbocycles. The first-order chi connectivity index (χ1) is 9.31. The Balaban J connectivity index is 1.52. The second-order valence-corrected chi connectivity index (χ2v) is 6.84. The van der Waals surface area contributed by atoms with E-state index in [4.69, 9.17) is 4.74 Å². The van der Waals surface area contributed by atoms with Gasteiger partial charge in [0.25, 0.3) is 0 Å². The van der Waals surface area contributed by atoms with E-state index in [9.17, 15) is 0 Å². The van der Waals surface area contributed by atoms with E-state index in [1.807, 2.05) is 0 Å². The van der Waals surface area contributed by atoms with Crippen molar-refractivity contribution < 1.29 is 4.74 Å². The number of hydrogen-bond acceptors (Lipinski definition) is 3. The Morgan fingerprint density at radius 2 is 2.16 bits per heavy atom. The molecule has 3 fully saturated rings. The molecule has 2 aliphatic heterocycles. The lowest BCUT2D eigenvalue weighted by atomic mass is 9.73. The predicted molar refractivity (Wildman–Crippen MR) is 78.4 cm³/mol. The standard InChI is InChI=1S/C16H30N2O/c1-2-17-12-14-5-3-9-18(13-14)15-6-10-19-16(11-15)7-4-8-16/h14-15,17H,2-13H2,1H3. The maximum atomic E-state index is 6.08. The van der Waals surface area contributed by atoms with Crippen LogP contribution in [0.2, 0.25) is 0 Å². The van der Waals surface area contributed by atoms with Gasteiger partial charge in [0.05, 0.1) is 5.60 Å². The van der Waals surface area contributed by atoms with E-state index in [1.165, 1.54) is 64.6 Å². The third-order valence-electron chi connectivity index (χ3n) is 5.48. The van der Waals surface area contributed by atoms with Gasteiger partial charge < -0.3 is 10.1 Å². The molecule has 0 radical (unpaired) electrons. The minimum atomic E-state index is 0.303. The zero-order valence-corrected chi connectivity index (χ0v) is 12.5. The van der Waals surface area contributed by atoms with Crippen LogP contribution >= 0.6 is 0 Å². The Bertz CT molecular complexity index is 290. The Hall–Kier alpha value is -0.120. The first-order valence-electron chi connectivity index (χ1n) is 8.40. The first kappa shape index (κ1) is 13.8. The predicted octanol–water partition coefficient (Wildman–Crippen LogP) is 2.41. The summed E-state index contributed by atoms with van der Waals surface area (Å²) in [6.45, 7) is 8.16. The van der Waals surface area contributed by atoms with Crippen molar-refractivity contribution in [1.82, 2.24) is 10.2 Å². The van der Waals surface area contributed by atoms with Gasteiger partial charge in [-0.2, -0.15) is 0 Å². The molecule has 2 atom stereocenters. The molecule has 0 aromatic rings. The van der Waals surface area contributed by atoms with Gasteiger partial charge in [0, 0.05) is 19.2 Å². The van der Waals surface area contributed by atoms with Crippen molar-refractivity contribution in [2.24, 2.45) is 5.92 Å². The fourth-order valence-electron chi connectivity index (χ4n) is 4.18. The summed E-state index contributed by atoms with van der Waals surface area (Å²) in [5.41, 5.74) is 0.303. The third kappa shape index (κ3) is 3.14. The van der Waals surface area contributed by atoms with Gasteiger partial charge in [-0.15, -0.1) is 0 Å². The van der Waals surface area contributed by atoms with Gasteiger partial charge >= 0.3 is 0 Å². The Morgan fingerprint density at radius 1 is 1.26 bits per heavy atom. The highest BCUT2D eigenvalue weighted by Crippen LogP contribution is 2.43.